The molecule has 1 aromatic heterocycles. The molecule has 0 bridgehead atoms. The largest absolute Gasteiger partial charge is 0.493 e. The van der Waals surface area contributed by atoms with Crippen LogP contribution in [-0.4, -0.2) is 42.2 Å². The summed E-state index contributed by atoms with van der Waals surface area (Å²) in [4.78, 5) is 20.4. The van der Waals surface area contributed by atoms with Gasteiger partial charge in [0.1, 0.15) is 11.5 Å². The van der Waals surface area contributed by atoms with Gasteiger partial charge in [0.15, 0.2) is 11.5 Å². The quantitative estimate of drug-likeness (QED) is 0.791. The van der Waals surface area contributed by atoms with Gasteiger partial charge in [0.2, 0.25) is 0 Å². The predicted molar refractivity (Wildman–Crippen MR) is 101 cm³/mol. The second-order valence-electron chi connectivity index (χ2n) is 6.86. The smallest absolute Gasteiger partial charge is 0.271 e. The molecule has 1 heterocycles. The van der Waals surface area contributed by atoms with E-state index >= 15 is 0 Å². The molecule has 0 fully saturated rings. The van der Waals surface area contributed by atoms with E-state index in [2.05, 4.69) is 20.6 Å². The maximum absolute atomic E-state index is 12.0. The Kier molecular flexibility index (Phi) is 6.38. The summed E-state index contributed by atoms with van der Waals surface area (Å²) in [6, 6.07) is 5.83. The van der Waals surface area contributed by atoms with Crippen LogP contribution < -0.4 is 20.1 Å². The topological polar surface area (TPSA) is 85.4 Å². The fourth-order valence-corrected chi connectivity index (χ4v) is 2.31. The number of nitrogens with zero attached hydrogens (tertiary/aromatic N) is 2. The van der Waals surface area contributed by atoms with E-state index in [0.29, 0.717) is 29.6 Å². The van der Waals surface area contributed by atoms with Crippen molar-refractivity contribution in [2.45, 2.75) is 32.7 Å². The zero-order valence-electron chi connectivity index (χ0n) is 15.9. The lowest BCUT2D eigenvalue weighted by atomic mass is 10.1. The predicted octanol–water partition coefficient (Wildman–Crippen LogP) is 2.68. The normalized spacial score (nSPS) is 11.0. The molecule has 140 valence electrons. The van der Waals surface area contributed by atoms with Gasteiger partial charge in [-0.2, -0.15) is 0 Å². The van der Waals surface area contributed by atoms with Gasteiger partial charge >= 0.3 is 0 Å². The summed E-state index contributed by atoms with van der Waals surface area (Å²) >= 11 is 0. The molecule has 0 aliphatic carbocycles. The second-order valence-corrected chi connectivity index (χ2v) is 6.86. The number of benzene rings is 1. The summed E-state index contributed by atoms with van der Waals surface area (Å²) in [7, 11) is 3.23. The molecule has 0 atom stereocenters. The van der Waals surface area contributed by atoms with Gasteiger partial charge in [-0.3, -0.25) is 4.79 Å². The molecule has 2 aromatic rings. The van der Waals surface area contributed by atoms with Gasteiger partial charge < -0.3 is 20.1 Å². The van der Waals surface area contributed by atoms with Crippen LogP contribution in [0.15, 0.2) is 30.6 Å². The molecule has 26 heavy (non-hydrogen) atoms. The maximum Gasteiger partial charge on any atom is 0.271 e. The van der Waals surface area contributed by atoms with E-state index in [1.54, 1.807) is 20.4 Å². The highest BCUT2D eigenvalue weighted by Gasteiger charge is 2.16. The molecular formula is C19H26N4O3. The van der Waals surface area contributed by atoms with Crippen LogP contribution in [0.2, 0.25) is 0 Å². The number of rotatable bonds is 7. The van der Waals surface area contributed by atoms with Crippen LogP contribution in [0.4, 0.5) is 5.82 Å². The van der Waals surface area contributed by atoms with Crippen molar-refractivity contribution in [2.75, 3.05) is 26.1 Å². The minimum atomic E-state index is -0.310. The van der Waals surface area contributed by atoms with Crippen molar-refractivity contribution in [3.05, 3.63) is 41.9 Å². The fourth-order valence-electron chi connectivity index (χ4n) is 2.31. The lowest BCUT2D eigenvalue weighted by Gasteiger charge is -2.19. The molecule has 0 unspecified atom stereocenters. The van der Waals surface area contributed by atoms with Gasteiger partial charge in [-0.1, -0.05) is 6.07 Å². The van der Waals surface area contributed by atoms with Crippen molar-refractivity contribution in [1.82, 2.24) is 15.3 Å². The summed E-state index contributed by atoms with van der Waals surface area (Å²) in [6.45, 7) is 6.44. The zero-order chi connectivity index (χ0) is 19.2. The molecule has 0 radical (unpaired) electrons. The van der Waals surface area contributed by atoms with E-state index in [0.717, 1.165) is 12.0 Å². The van der Waals surface area contributed by atoms with E-state index in [1.165, 1.54) is 6.20 Å². The van der Waals surface area contributed by atoms with Crippen LogP contribution in [-0.2, 0) is 6.42 Å². The van der Waals surface area contributed by atoms with Crippen molar-refractivity contribution in [1.29, 1.82) is 0 Å². The number of anilines is 1. The number of aromatic nitrogens is 2. The first kappa shape index (κ1) is 19.5. The molecular weight excluding hydrogens is 332 g/mol. The van der Waals surface area contributed by atoms with Gasteiger partial charge in [-0.05, 0) is 44.9 Å². The Balaban J connectivity index is 1.89. The zero-order valence-corrected chi connectivity index (χ0v) is 15.9. The van der Waals surface area contributed by atoms with Crippen molar-refractivity contribution >= 4 is 11.7 Å². The molecule has 7 nitrogen and oxygen atoms in total. The summed E-state index contributed by atoms with van der Waals surface area (Å²) in [5, 5.41) is 6.05. The van der Waals surface area contributed by atoms with Crippen LogP contribution >= 0.6 is 0 Å². The van der Waals surface area contributed by atoms with E-state index in [9.17, 15) is 4.79 Å². The molecule has 1 aromatic carbocycles. The van der Waals surface area contributed by atoms with E-state index in [-0.39, 0.29) is 11.4 Å². The lowest BCUT2D eigenvalue weighted by molar-refractivity contribution is 0.0914. The molecule has 0 spiro atoms. The maximum atomic E-state index is 12.0. The number of hydrogen-bond acceptors (Lipinski definition) is 6. The molecule has 2 N–H and O–H groups in total. The first-order chi connectivity index (χ1) is 12.3. The number of carbonyl (C=O) groups excluding carboxylic acids is 1. The molecule has 0 saturated carbocycles. The monoisotopic (exact) mass is 358 g/mol. The number of carbonyl (C=O) groups is 1. The summed E-state index contributed by atoms with van der Waals surface area (Å²) in [5.74, 6) is 1.80. The third-order valence-corrected chi connectivity index (χ3v) is 3.54. The molecule has 0 saturated heterocycles. The van der Waals surface area contributed by atoms with Gasteiger partial charge in [0, 0.05) is 12.1 Å². The summed E-state index contributed by atoms with van der Waals surface area (Å²) in [5.41, 5.74) is 1.10. The Morgan fingerprint density at radius 1 is 1.08 bits per heavy atom. The van der Waals surface area contributed by atoms with Crippen molar-refractivity contribution in [2.24, 2.45) is 0 Å². The number of nitrogens with one attached hydrogen (secondary N) is 2. The number of amides is 1. The average molecular weight is 358 g/mol. The third kappa shape index (κ3) is 5.61. The minimum absolute atomic E-state index is 0.234. The van der Waals surface area contributed by atoms with Crippen molar-refractivity contribution in [3.63, 3.8) is 0 Å². The molecule has 2 rings (SSSR count). The molecule has 1 amide bonds. The van der Waals surface area contributed by atoms with Gasteiger partial charge in [-0.15, -0.1) is 0 Å². The van der Waals surface area contributed by atoms with E-state index < -0.39 is 0 Å². The Morgan fingerprint density at radius 2 is 1.81 bits per heavy atom. The fraction of sp³-hybridized carbons (Fsp3) is 0.421. The summed E-state index contributed by atoms with van der Waals surface area (Å²) < 4.78 is 10.5. The average Bonchev–Trinajstić information content (AvgIpc) is 2.60. The third-order valence-electron chi connectivity index (χ3n) is 3.54. The van der Waals surface area contributed by atoms with Crippen LogP contribution in [0.1, 0.15) is 36.8 Å². The standard InChI is InChI=1S/C19H26N4O3/c1-19(2,3)23-18(24)14-11-22-17(12-21-14)20-9-8-13-6-7-15(25-4)16(10-13)26-5/h6-7,10-12H,8-9H2,1-5H3,(H,20,22)(H,23,24). The molecule has 7 heteroatoms. The van der Waals surface area contributed by atoms with Gasteiger partial charge in [0.25, 0.3) is 5.91 Å². The van der Waals surface area contributed by atoms with Gasteiger partial charge in [0.05, 0.1) is 26.6 Å². The number of hydrogen-bond donors (Lipinski definition) is 2. The van der Waals surface area contributed by atoms with Crippen LogP contribution in [0.25, 0.3) is 0 Å². The number of methoxy groups -OCH3 is 2. The highest BCUT2D eigenvalue weighted by atomic mass is 16.5. The SMILES string of the molecule is COc1ccc(CCNc2cnc(C(=O)NC(C)(C)C)cn2)cc1OC. The highest BCUT2D eigenvalue weighted by molar-refractivity contribution is 5.92. The molecule has 0 aliphatic rings. The molecule has 0 aliphatic heterocycles. The van der Waals surface area contributed by atoms with Crippen LogP contribution in [0.5, 0.6) is 11.5 Å². The second kappa shape index (κ2) is 8.51. The van der Waals surface area contributed by atoms with E-state index in [4.69, 9.17) is 9.47 Å². The van der Waals surface area contributed by atoms with Crippen LogP contribution in [0, 0.1) is 0 Å². The number of ether oxygens (including phenoxy) is 2. The Hall–Kier alpha value is -2.83. The first-order valence-electron chi connectivity index (χ1n) is 8.41. The Labute approximate surface area is 154 Å². The van der Waals surface area contributed by atoms with Crippen molar-refractivity contribution in [3.8, 4) is 11.5 Å². The highest BCUT2D eigenvalue weighted by Crippen LogP contribution is 2.27. The first-order valence-corrected chi connectivity index (χ1v) is 8.41. The minimum Gasteiger partial charge on any atom is -0.493 e. The van der Waals surface area contributed by atoms with Crippen molar-refractivity contribution < 1.29 is 14.3 Å². The van der Waals surface area contributed by atoms with Gasteiger partial charge in [-0.25, -0.2) is 9.97 Å². The van der Waals surface area contributed by atoms with Crippen LogP contribution in [0.3, 0.4) is 0 Å². The van der Waals surface area contributed by atoms with E-state index in [1.807, 2.05) is 39.0 Å². The Morgan fingerprint density at radius 3 is 2.38 bits per heavy atom. The summed E-state index contributed by atoms with van der Waals surface area (Å²) in [6.07, 6.45) is 3.82. The lowest BCUT2D eigenvalue weighted by Crippen LogP contribution is -2.41. The Bertz CT molecular complexity index is 739.